The van der Waals surface area contributed by atoms with E-state index in [1.807, 2.05) is 0 Å². The summed E-state index contributed by atoms with van der Waals surface area (Å²) in [6, 6.07) is 3.86. The van der Waals surface area contributed by atoms with Crippen LogP contribution in [0.25, 0.3) is 0 Å². The molecule has 2 aliphatic rings. The molecule has 0 aromatic heterocycles. The van der Waals surface area contributed by atoms with E-state index in [0.717, 1.165) is 30.9 Å². The number of benzene rings is 1. The van der Waals surface area contributed by atoms with E-state index in [-0.39, 0.29) is 10.8 Å². The van der Waals surface area contributed by atoms with Gasteiger partial charge in [0.1, 0.15) is 5.82 Å². The monoisotopic (exact) mass is 240 g/mol. The molecule has 86 valence electrons. The zero-order valence-electron chi connectivity index (χ0n) is 8.97. The van der Waals surface area contributed by atoms with E-state index in [4.69, 9.17) is 11.6 Å². The summed E-state index contributed by atoms with van der Waals surface area (Å²) in [5.74, 6) is -0.342. The maximum absolute atomic E-state index is 13.4. The predicted octanol–water partition coefficient (Wildman–Crippen LogP) is 3.26. The number of anilines is 2. The highest BCUT2D eigenvalue weighted by Gasteiger charge is 2.29. The number of hydrogen-bond acceptors (Lipinski definition) is 2. The molecule has 1 aromatic carbocycles. The first-order chi connectivity index (χ1) is 7.75. The summed E-state index contributed by atoms with van der Waals surface area (Å²) in [7, 11) is 0. The van der Waals surface area contributed by atoms with Gasteiger partial charge >= 0.3 is 0 Å². The van der Waals surface area contributed by atoms with Crippen LogP contribution in [-0.2, 0) is 0 Å². The minimum absolute atomic E-state index is 0.216. The Morgan fingerprint density at radius 3 is 3.12 bits per heavy atom. The lowest BCUT2D eigenvalue weighted by Gasteiger charge is -2.25. The lowest BCUT2D eigenvalue weighted by Crippen LogP contribution is -2.28. The lowest BCUT2D eigenvalue weighted by molar-refractivity contribution is 0.628. The molecule has 16 heavy (non-hydrogen) atoms. The number of halogens is 2. The number of hydrogen-bond donors (Lipinski definition) is 1. The minimum atomic E-state index is -0.342. The summed E-state index contributed by atoms with van der Waals surface area (Å²) in [4.78, 5) is 2.36. The van der Waals surface area contributed by atoms with Gasteiger partial charge in [-0.05, 0) is 25.3 Å². The maximum atomic E-state index is 13.4. The van der Waals surface area contributed by atoms with Crippen LogP contribution in [0.2, 0.25) is 5.02 Å². The van der Waals surface area contributed by atoms with E-state index in [1.54, 1.807) is 6.07 Å². The van der Waals surface area contributed by atoms with Gasteiger partial charge in [0.05, 0.1) is 16.4 Å². The Morgan fingerprint density at radius 1 is 1.38 bits per heavy atom. The van der Waals surface area contributed by atoms with E-state index in [1.165, 1.54) is 18.9 Å². The molecule has 1 atom stereocenters. The quantitative estimate of drug-likeness (QED) is 0.749. The first kappa shape index (κ1) is 10.2. The van der Waals surface area contributed by atoms with Crippen LogP contribution in [-0.4, -0.2) is 19.1 Å². The molecule has 0 radical (unpaired) electrons. The Bertz CT molecular complexity index is 422. The molecule has 1 fully saturated rings. The topological polar surface area (TPSA) is 15.3 Å². The molecule has 1 unspecified atom stereocenters. The summed E-state index contributed by atoms with van der Waals surface area (Å²) in [6.07, 6.45) is 3.57. The first-order valence-corrected chi connectivity index (χ1v) is 6.13. The molecule has 0 spiro atoms. The van der Waals surface area contributed by atoms with Crippen molar-refractivity contribution < 1.29 is 4.39 Å². The molecular weight excluding hydrogens is 227 g/mol. The summed E-state index contributed by atoms with van der Waals surface area (Å²) in [5.41, 5.74) is 1.94. The van der Waals surface area contributed by atoms with Crippen molar-refractivity contribution in [1.29, 1.82) is 0 Å². The van der Waals surface area contributed by atoms with Crippen LogP contribution < -0.4 is 10.2 Å². The Labute approximate surface area is 99.4 Å². The van der Waals surface area contributed by atoms with Crippen LogP contribution >= 0.6 is 11.6 Å². The van der Waals surface area contributed by atoms with E-state index < -0.39 is 0 Å². The fraction of sp³-hybridized carbons (Fsp3) is 0.500. The van der Waals surface area contributed by atoms with Crippen LogP contribution in [0.3, 0.4) is 0 Å². The van der Waals surface area contributed by atoms with Gasteiger partial charge in [-0.1, -0.05) is 11.6 Å². The average molecular weight is 241 g/mol. The van der Waals surface area contributed by atoms with Gasteiger partial charge in [-0.3, -0.25) is 0 Å². The number of nitrogens with zero attached hydrogens (tertiary/aromatic N) is 1. The third-order valence-corrected chi connectivity index (χ3v) is 3.81. The molecule has 0 aliphatic carbocycles. The second kappa shape index (κ2) is 3.81. The predicted molar refractivity (Wildman–Crippen MR) is 64.9 cm³/mol. The van der Waals surface area contributed by atoms with Gasteiger partial charge in [0.15, 0.2) is 0 Å². The average Bonchev–Trinajstić information content (AvgIpc) is 2.65. The van der Waals surface area contributed by atoms with Gasteiger partial charge in [0, 0.05) is 25.2 Å². The summed E-state index contributed by atoms with van der Waals surface area (Å²) < 4.78 is 13.4. The molecule has 2 aliphatic heterocycles. The van der Waals surface area contributed by atoms with Crippen LogP contribution in [0.15, 0.2) is 12.1 Å². The molecule has 1 saturated heterocycles. The fourth-order valence-electron chi connectivity index (χ4n) is 2.74. The van der Waals surface area contributed by atoms with Crippen molar-refractivity contribution in [3.05, 3.63) is 23.0 Å². The zero-order valence-corrected chi connectivity index (χ0v) is 9.73. The smallest absolute Gasteiger partial charge is 0.143 e. The summed E-state index contributed by atoms with van der Waals surface area (Å²) >= 11 is 5.86. The van der Waals surface area contributed by atoms with Gasteiger partial charge in [0.2, 0.25) is 0 Å². The maximum Gasteiger partial charge on any atom is 0.143 e. The van der Waals surface area contributed by atoms with Crippen molar-refractivity contribution in [2.24, 2.45) is 0 Å². The summed E-state index contributed by atoms with van der Waals surface area (Å²) in [6.45, 7) is 1.97. The fourth-order valence-corrected chi connectivity index (χ4v) is 2.90. The van der Waals surface area contributed by atoms with Gasteiger partial charge in [0.25, 0.3) is 0 Å². The van der Waals surface area contributed by atoms with Gasteiger partial charge in [-0.25, -0.2) is 4.39 Å². The molecule has 3 rings (SSSR count). The Morgan fingerprint density at radius 2 is 2.25 bits per heavy atom. The van der Waals surface area contributed by atoms with E-state index in [9.17, 15) is 4.39 Å². The van der Waals surface area contributed by atoms with Crippen LogP contribution in [0.4, 0.5) is 15.8 Å². The molecule has 4 heteroatoms. The Balaban J connectivity index is 2.09. The first-order valence-electron chi connectivity index (χ1n) is 5.75. The molecule has 0 saturated carbocycles. The highest BCUT2D eigenvalue weighted by atomic mass is 35.5. The van der Waals surface area contributed by atoms with Crippen molar-refractivity contribution >= 4 is 23.0 Å². The minimum Gasteiger partial charge on any atom is -0.383 e. The van der Waals surface area contributed by atoms with E-state index in [2.05, 4.69) is 10.2 Å². The van der Waals surface area contributed by atoms with Crippen molar-refractivity contribution in [2.45, 2.75) is 25.3 Å². The lowest BCUT2D eigenvalue weighted by atomic mass is 10.1. The van der Waals surface area contributed by atoms with Crippen molar-refractivity contribution in [2.75, 3.05) is 23.3 Å². The highest BCUT2D eigenvalue weighted by molar-refractivity contribution is 6.31. The standard InChI is InChI=1S/C12H14ClFN2/c13-9-6-12-11(7-10(9)14)15-4-3-8-2-1-5-16(8)12/h6-8,15H,1-5H2. The summed E-state index contributed by atoms with van der Waals surface area (Å²) in [5, 5.41) is 3.50. The molecule has 2 nitrogen and oxygen atoms in total. The molecule has 0 bridgehead atoms. The zero-order chi connectivity index (χ0) is 11.1. The SMILES string of the molecule is Fc1cc2c(cc1Cl)N1CCCC1CCN2. The second-order valence-electron chi connectivity index (χ2n) is 4.49. The van der Waals surface area contributed by atoms with Gasteiger partial charge in [-0.15, -0.1) is 0 Å². The third-order valence-electron chi connectivity index (χ3n) is 3.52. The van der Waals surface area contributed by atoms with Crippen LogP contribution in [0, 0.1) is 5.82 Å². The largest absolute Gasteiger partial charge is 0.383 e. The Kier molecular flexibility index (Phi) is 2.43. The van der Waals surface area contributed by atoms with Crippen molar-refractivity contribution in [3.8, 4) is 0 Å². The molecule has 0 amide bonds. The second-order valence-corrected chi connectivity index (χ2v) is 4.90. The molecular formula is C12H14ClFN2. The third kappa shape index (κ3) is 1.54. The molecule has 2 heterocycles. The van der Waals surface area contributed by atoms with Gasteiger partial charge < -0.3 is 10.2 Å². The highest BCUT2D eigenvalue weighted by Crippen LogP contribution is 2.38. The van der Waals surface area contributed by atoms with Gasteiger partial charge in [-0.2, -0.15) is 0 Å². The van der Waals surface area contributed by atoms with E-state index in [0.29, 0.717) is 6.04 Å². The van der Waals surface area contributed by atoms with Crippen LogP contribution in [0.5, 0.6) is 0 Å². The van der Waals surface area contributed by atoms with Crippen LogP contribution in [0.1, 0.15) is 19.3 Å². The normalized spacial score (nSPS) is 23.4. The number of nitrogens with one attached hydrogen (secondary N) is 1. The number of rotatable bonds is 0. The number of fused-ring (bicyclic) bond motifs is 3. The van der Waals surface area contributed by atoms with E-state index >= 15 is 0 Å². The molecule has 1 aromatic rings. The van der Waals surface area contributed by atoms with Crippen molar-refractivity contribution in [3.63, 3.8) is 0 Å². The van der Waals surface area contributed by atoms with Crippen molar-refractivity contribution in [1.82, 2.24) is 0 Å². The molecule has 1 N–H and O–H groups in total. The Hall–Kier alpha value is -0.960.